The minimum atomic E-state index is -0.824. The summed E-state index contributed by atoms with van der Waals surface area (Å²) >= 11 is 0. The number of furan rings is 1. The van der Waals surface area contributed by atoms with Gasteiger partial charge in [0.15, 0.2) is 0 Å². The topological polar surface area (TPSA) is 115 Å². The van der Waals surface area contributed by atoms with Gasteiger partial charge in [0.2, 0.25) is 0 Å². The van der Waals surface area contributed by atoms with E-state index in [-0.39, 0.29) is 17.7 Å². The number of hydrogen-bond donors (Lipinski definition) is 2. The Balaban J connectivity index is 1.24. The molecule has 7 rings (SSSR count). The zero-order chi connectivity index (χ0) is 33.9. The SMILES string of the molecule is Cc1[nH]n(-c2ccccc2)c(=O)c1C(c1ccc(-c2ccc(C(=O)OCCc3ccccc3)cc2)o1)c1c(C)[nH]n(-c2ccccc2)c1=O. The fourth-order valence-electron chi connectivity index (χ4n) is 6.17. The highest BCUT2D eigenvalue weighted by Crippen LogP contribution is 2.35. The number of aromatic amines is 2. The van der Waals surface area contributed by atoms with Crippen molar-refractivity contribution >= 4 is 5.97 Å². The molecular formula is C40H34N4O5. The van der Waals surface area contributed by atoms with Crippen molar-refractivity contribution in [3.63, 3.8) is 0 Å². The number of ether oxygens (including phenoxy) is 1. The van der Waals surface area contributed by atoms with Crippen LogP contribution in [0, 0.1) is 13.8 Å². The van der Waals surface area contributed by atoms with Gasteiger partial charge in [-0.15, -0.1) is 0 Å². The standard InChI is InChI=1S/C40H34N4O5/c1-26-35(38(45)43(41-26)31-14-8-4-9-15-31)37(36-27(2)42-44(39(36)46)32-16-10-5-11-17-32)34-23-22-33(49-34)29-18-20-30(21-19-29)40(47)48-25-24-28-12-6-3-7-13-28/h3-23,37,41-42H,24-25H2,1-2H3. The van der Waals surface area contributed by atoms with Crippen LogP contribution in [0.1, 0.15) is 50.1 Å². The first-order valence-corrected chi connectivity index (χ1v) is 16.0. The van der Waals surface area contributed by atoms with E-state index in [0.717, 1.165) is 11.1 Å². The molecule has 0 aliphatic rings. The van der Waals surface area contributed by atoms with E-state index in [1.807, 2.05) is 111 Å². The quantitative estimate of drug-likeness (QED) is 0.153. The highest BCUT2D eigenvalue weighted by atomic mass is 16.5. The highest BCUT2D eigenvalue weighted by molar-refractivity contribution is 5.90. The Morgan fingerprint density at radius 3 is 1.71 bits per heavy atom. The first-order valence-electron chi connectivity index (χ1n) is 16.0. The maximum absolute atomic E-state index is 14.1. The molecule has 2 N–H and O–H groups in total. The predicted molar refractivity (Wildman–Crippen MR) is 188 cm³/mol. The van der Waals surface area contributed by atoms with Crippen molar-refractivity contribution in [2.24, 2.45) is 0 Å². The summed E-state index contributed by atoms with van der Waals surface area (Å²) in [5.41, 5.74) is 5.05. The van der Waals surface area contributed by atoms with Gasteiger partial charge in [0.25, 0.3) is 11.1 Å². The van der Waals surface area contributed by atoms with Crippen LogP contribution in [-0.4, -0.2) is 32.1 Å². The van der Waals surface area contributed by atoms with Gasteiger partial charge in [-0.2, -0.15) is 0 Å². The number of H-pyrrole nitrogens is 2. The Morgan fingerprint density at radius 1 is 0.673 bits per heavy atom. The fraction of sp³-hybridized carbons (Fsp3) is 0.125. The third-order valence-corrected chi connectivity index (χ3v) is 8.62. The fourth-order valence-corrected chi connectivity index (χ4v) is 6.17. The second-order valence-corrected chi connectivity index (χ2v) is 11.8. The minimum Gasteiger partial charge on any atom is -0.462 e. The molecule has 0 saturated carbocycles. The predicted octanol–water partition coefficient (Wildman–Crippen LogP) is 7.10. The Hall–Kier alpha value is -6.35. The van der Waals surface area contributed by atoms with E-state index in [1.54, 1.807) is 30.3 Å². The molecule has 0 unspecified atom stereocenters. The van der Waals surface area contributed by atoms with Crippen LogP contribution >= 0.6 is 0 Å². The summed E-state index contributed by atoms with van der Waals surface area (Å²) in [5.74, 6) is -0.275. The van der Waals surface area contributed by atoms with E-state index in [2.05, 4.69) is 10.2 Å². The van der Waals surface area contributed by atoms with Crippen LogP contribution in [0.2, 0.25) is 0 Å². The van der Waals surface area contributed by atoms with E-state index in [4.69, 9.17) is 9.15 Å². The van der Waals surface area contributed by atoms with E-state index in [1.165, 1.54) is 9.36 Å². The summed E-state index contributed by atoms with van der Waals surface area (Å²) in [5, 5.41) is 6.41. The molecule has 0 aliphatic heterocycles. The van der Waals surface area contributed by atoms with Crippen LogP contribution < -0.4 is 11.1 Å². The number of esters is 1. The van der Waals surface area contributed by atoms with Gasteiger partial charge in [-0.05, 0) is 67.9 Å². The molecule has 0 bridgehead atoms. The van der Waals surface area contributed by atoms with Crippen molar-refractivity contribution < 1.29 is 13.9 Å². The molecule has 9 heteroatoms. The minimum absolute atomic E-state index is 0.280. The number of carbonyl (C=O) groups is 1. The van der Waals surface area contributed by atoms with Gasteiger partial charge in [0, 0.05) is 23.4 Å². The Kier molecular flexibility index (Phi) is 8.55. The molecule has 0 amide bonds. The number of nitrogens with one attached hydrogen (secondary N) is 2. The third-order valence-electron chi connectivity index (χ3n) is 8.62. The van der Waals surface area contributed by atoms with Crippen LogP contribution in [-0.2, 0) is 11.2 Å². The number of benzene rings is 4. The lowest BCUT2D eigenvalue weighted by Gasteiger charge is -2.13. The maximum Gasteiger partial charge on any atom is 0.338 e. The second kappa shape index (κ2) is 13.4. The average molecular weight is 651 g/mol. The summed E-state index contributed by atoms with van der Waals surface area (Å²) in [6.07, 6.45) is 0.634. The molecule has 0 atom stereocenters. The maximum atomic E-state index is 14.1. The molecule has 0 radical (unpaired) electrons. The van der Waals surface area contributed by atoms with Crippen LogP contribution in [0.3, 0.4) is 0 Å². The van der Waals surface area contributed by atoms with Crippen molar-refractivity contribution in [2.45, 2.75) is 26.2 Å². The van der Waals surface area contributed by atoms with E-state index < -0.39 is 11.9 Å². The van der Waals surface area contributed by atoms with Crippen LogP contribution in [0.5, 0.6) is 0 Å². The summed E-state index contributed by atoms with van der Waals surface area (Å²) < 4.78 is 14.9. The van der Waals surface area contributed by atoms with Crippen molar-refractivity contribution in [1.82, 2.24) is 19.6 Å². The lowest BCUT2D eigenvalue weighted by molar-refractivity contribution is 0.0509. The number of aryl methyl sites for hydroxylation is 2. The molecule has 49 heavy (non-hydrogen) atoms. The number of carbonyl (C=O) groups excluding carboxylic acids is 1. The molecule has 0 aliphatic carbocycles. The molecule has 3 aromatic heterocycles. The summed E-state index contributed by atoms with van der Waals surface area (Å²) in [6.45, 7) is 3.92. The van der Waals surface area contributed by atoms with E-state index in [0.29, 0.717) is 57.4 Å². The van der Waals surface area contributed by atoms with Crippen molar-refractivity contribution in [1.29, 1.82) is 0 Å². The average Bonchev–Trinajstić information content (AvgIpc) is 3.83. The third kappa shape index (κ3) is 6.21. The van der Waals surface area contributed by atoms with Gasteiger partial charge in [-0.3, -0.25) is 19.8 Å². The molecule has 7 aromatic rings. The lowest BCUT2D eigenvalue weighted by Crippen LogP contribution is -2.25. The zero-order valence-corrected chi connectivity index (χ0v) is 27.1. The van der Waals surface area contributed by atoms with Gasteiger partial charge in [-0.1, -0.05) is 78.9 Å². The van der Waals surface area contributed by atoms with Gasteiger partial charge < -0.3 is 9.15 Å². The highest BCUT2D eigenvalue weighted by Gasteiger charge is 2.33. The molecule has 244 valence electrons. The molecule has 0 saturated heterocycles. The van der Waals surface area contributed by atoms with Gasteiger partial charge in [0.1, 0.15) is 11.5 Å². The number of hydrogen-bond acceptors (Lipinski definition) is 5. The molecule has 4 aromatic carbocycles. The lowest BCUT2D eigenvalue weighted by atomic mass is 9.89. The summed E-state index contributed by atoms with van der Waals surface area (Å²) in [4.78, 5) is 41.0. The first-order chi connectivity index (χ1) is 23.9. The van der Waals surface area contributed by atoms with Gasteiger partial charge in [0.05, 0.1) is 40.6 Å². The van der Waals surface area contributed by atoms with E-state index in [9.17, 15) is 14.4 Å². The zero-order valence-electron chi connectivity index (χ0n) is 27.1. The molecule has 0 spiro atoms. The number of nitrogens with zero attached hydrogens (tertiary/aromatic N) is 2. The molecular weight excluding hydrogens is 616 g/mol. The number of aromatic nitrogens is 4. The second-order valence-electron chi connectivity index (χ2n) is 11.8. The van der Waals surface area contributed by atoms with Crippen LogP contribution in [0.15, 0.2) is 141 Å². The summed E-state index contributed by atoms with van der Waals surface area (Å²) in [6, 6.07) is 39.0. The van der Waals surface area contributed by atoms with Crippen LogP contribution in [0.25, 0.3) is 22.7 Å². The molecule has 9 nitrogen and oxygen atoms in total. The number of rotatable bonds is 10. The van der Waals surface area contributed by atoms with Crippen molar-refractivity contribution in [3.05, 3.63) is 188 Å². The first kappa shape index (κ1) is 31.3. The Morgan fingerprint density at radius 2 is 1.18 bits per heavy atom. The smallest absolute Gasteiger partial charge is 0.338 e. The molecule has 0 fully saturated rings. The largest absolute Gasteiger partial charge is 0.462 e. The summed E-state index contributed by atoms with van der Waals surface area (Å²) in [7, 11) is 0. The molecule has 3 heterocycles. The van der Waals surface area contributed by atoms with Gasteiger partial charge in [-0.25, -0.2) is 14.2 Å². The Bertz CT molecular complexity index is 2230. The normalized spacial score (nSPS) is 11.2. The Labute approximate surface area is 282 Å². The monoisotopic (exact) mass is 650 g/mol. The van der Waals surface area contributed by atoms with Crippen molar-refractivity contribution in [2.75, 3.05) is 6.61 Å². The van der Waals surface area contributed by atoms with Crippen molar-refractivity contribution in [3.8, 4) is 22.7 Å². The van der Waals surface area contributed by atoms with Crippen LogP contribution in [0.4, 0.5) is 0 Å². The van der Waals surface area contributed by atoms with Gasteiger partial charge >= 0.3 is 5.97 Å². The van der Waals surface area contributed by atoms with E-state index >= 15 is 0 Å². The number of para-hydroxylation sites is 2.